The topological polar surface area (TPSA) is 58.6 Å². The summed E-state index contributed by atoms with van der Waals surface area (Å²) in [5, 5.41) is 3.43. The minimum Gasteiger partial charge on any atom is -0.481 e. The summed E-state index contributed by atoms with van der Waals surface area (Å²) in [7, 11) is 0. The molecule has 0 bridgehead atoms. The van der Waals surface area contributed by atoms with Crippen LogP contribution in [-0.2, 0) is 4.79 Å². The van der Waals surface area contributed by atoms with Crippen molar-refractivity contribution < 1.29 is 14.3 Å². The summed E-state index contributed by atoms with van der Waals surface area (Å²) in [5.41, 5.74) is 1.03. The average Bonchev–Trinajstić information content (AvgIpc) is 3.01. The molecule has 1 aliphatic rings. The number of rotatable bonds is 6. The number of nitrogens with one attached hydrogen (secondary N) is 1. The van der Waals surface area contributed by atoms with E-state index in [0.717, 1.165) is 38.8 Å². The molecule has 1 atom stereocenters. The lowest BCUT2D eigenvalue weighted by Gasteiger charge is -2.23. The quantitative estimate of drug-likeness (QED) is 0.710. The van der Waals surface area contributed by atoms with Gasteiger partial charge < -0.3 is 15.0 Å². The molecule has 0 unspecified atom stereocenters. The van der Waals surface area contributed by atoms with Crippen molar-refractivity contribution >= 4 is 29.1 Å². The maximum Gasteiger partial charge on any atom is 0.265 e. The van der Waals surface area contributed by atoms with E-state index in [1.165, 1.54) is 0 Å². The van der Waals surface area contributed by atoms with Gasteiger partial charge in [-0.3, -0.25) is 9.59 Å². The number of hydrogen-bond donors (Lipinski definition) is 1. The van der Waals surface area contributed by atoms with Crippen LogP contribution in [0.15, 0.2) is 48.5 Å². The molecule has 6 heteroatoms. The van der Waals surface area contributed by atoms with E-state index in [1.807, 2.05) is 24.0 Å². The van der Waals surface area contributed by atoms with E-state index < -0.39 is 6.10 Å². The Labute approximate surface area is 177 Å². The van der Waals surface area contributed by atoms with Crippen LogP contribution in [0.5, 0.6) is 5.75 Å². The highest BCUT2D eigenvalue weighted by molar-refractivity contribution is 6.30. The second-order valence-corrected chi connectivity index (χ2v) is 7.65. The van der Waals surface area contributed by atoms with E-state index in [1.54, 1.807) is 36.4 Å². The minimum atomic E-state index is -0.685. The molecule has 154 valence electrons. The summed E-state index contributed by atoms with van der Waals surface area (Å²) in [4.78, 5) is 27.8. The van der Waals surface area contributed by atoms with Crippen LogP contribution in [0.2, 0.25) is 5.02 Å². The van der Waals surface area contributed by atoms with Crippen LogP contribution in [0, 0.1) is 0 Å². The number of hydrogen-bond acceptors (Lipinski definition) is 3. The zero-order chi connectivity index (χ0) is 20.6. The van der Waals surface area contributed by atoms with Gasteiger partial charge in [0.25, 0.3) is 11.8 Å². The zero-order valence-corrected chi connectivity index (χ0v) is 17.5. The number of anilines is 1. The van der Waals surface area contributed by atoms with Crippen LogP contribution in [0.1, 0.15) is 49.4 Å². The van der Waals surface area contributed by atoms with Gasteiger partial charge in [0.2, 0.25) is 0 Å². The summed E-state index contributed by atoms with van der Waals surface area (Å²) >= 11 is 6.00. The average molecular weight is 415 g/mol. The van der Waals surface area contributed by atoms with Crippen molar-refractivity contribution in [3.05, 3.63) is 59.1 Å². The minimum absolute atomic E-state index is 0.0355. The van der Waals surface area contributed by atoms with E-state index in [2.05, 4.69) is 5.32 Å². The van der Waals surface area contributed by atoms with Crippen LogP contribution in [-0.4, -0.2) is 35.9 Å². The molecule has 2 aromatic rings. The van der Waals surface area contributed by atoms with Crippen LogP contribution in [0.25, 0.3) is 0 Å². The molecule has 29 heavy (non-hydrogen) atoms. The van der Waals surface area contributed by atoms with Crippen LogP contribution < -0.4 is 10.1 Å². The van der Waals surface area contributed by atoms with Gasteiger partial charge in [0.15, 0.2) is 6.10 Å². The fourth-order valence-electron chi connectivity index (χ4n) is 3.46. The van der Waals surface area contributed by atoms with Gasteiger partial charge in [-0.05, 0) is 49.6 Å². The molecule has 1 heterocycles. The first-order chi connectivity index (χ1) is 14.1. The van der Waals surface area contributed by atoms with Crippen molar-refractivity contribution in [2.24, 2.45) is 0 Å². The highest BCUT2D eigenvalue weighted by Gasteiger charge is 2.23. The molecule has 5 nitrogen and oxygen atoms in total. The van der Waals surface area contributed by atoms with Crippen molar-refractivity contribution in [3.63, 3.8) is 0 Å². The van der Waals surface area contributed by atoms with Gasteiger partial charge in [-0.1, -0.05) is 49.6 Å². The predicted molar refractivity (Wildman–Crippen MR) is 116 cm³/mol. The summed E-state index contributed by atoms with van der Waals surface area (Å²) < 4.78 is 5.82. The van der Waals surface area contributed by atoms with Gasteiger partial charge >= 0.3 is 0 Å². The molecule has 0 aliphatic carbocycles. The molecule has 0 aromatic heterocycles. The molecule has 0 spiro atoms. The number of ether oxygens (including phenoxy) is 1. The van der Waals surface area contributed by atoms with E-state index in [-0.39, 0.29) is 11.8 Å². The van der Waals surface area contributed by atoms with Gasteiger partial charge in [-0.2, -0.15) is 0 Å². The molecular formula is C23H27ClN2O3. The van der Waals surface area contributed by atoms with Crippen molar-refractivity contribution in [1.82, 2.24) is 4.90 Å². The summed E-state index contributed by atoms with van der Waals surface area (Å²) in [5.74, 6) is 0.212. The monoisotopic (exact) mass is 414 g/mol. The summed E-state index contributed by atoms with van der Waals surface area (Å²) in [6.45, 7) is 3.40. The Balaban J connectivity index is 1.73. The standard InChI is InChI=1S/C23H27ClN2O3/c1-2-21(29-18-11-9-10-17(24)16-18)22(27)25-20-13-6-5-12-19(20)23(28)26-14-7-3-4-8-15-26/h5-6,9-13,16,21H,2-4,7-8,14-15H2,1H3,(H,25,27)/t21-/m1/s1. The lowest BCUT2D eigenvalue weighted by Crippen LogP contribution is -2.35. The molecule has 2 aromatic carbocycles. The van der Waals surface area contributed by atoms with Crippen LogP contribution in [0.3, 0.4) is 0 Å². The molecule has 2 amide bonds. The van der Waals surface area contributed by atoms with E-state index >= 15 is 0 Å². The Kier molecular flexibility index (Phi) is 7.53. The molecular weight excluding hydrogens is 388 g/mol. The Bertz CT molecular complexity index is 848. The first kappa shape index (κ1) is 21.2. The normalized spacial score (nSPS) is 15.3. The Morgan fingerprint density at radius 1 is 1.07 bits per heavy atom. The molecule has 1 aliphatic heterocycles. The van der Waals surface area contributed by atoms with E-state index in [0.29, 0.717) is 28.4 Å². The predicted octanol–water partition coefficient (Wildman–Crippen LogP) is 5.15. The molecule has 0 saturated carbocycles. The number of carbonyl (C=O) groups excluding carboxylic acids is 2. The first-order valence-electron chi connectivity index (χ1n) is 10.2. The lowest BCUT2D eigenvalue weighted by molar-refractivity contribution is -0.122. The third kappa shape index (κ3) is 5.73. The summed E-state index contributed by atoms with van der Waals surface area (Å²) in [6, 6.07) is 14.1. The number of para-hydroxylation sites is 1. The Morgan fingerprint density at radius 3 is 2.48 bits per heavy atom. The van der Waals surface area contributed by atoms with Crippen LogP contribution >= 0.6 is 11.6 Å². The Morgan fingerprint density at radius 2 is 1.79 bits per heavy atom. The van der Waals surface area contributed by atoms with E-state index in [4.69, 9.17) is 16.3 Å². The maximum atomic E-state index is 13.1. The largest absolute Gasteiger partial charge is 0.481 e. The van der Waals surface area contributed by atoms with Gasteiger partial charge in [-0.25, -0.2) is 0 Å². The number of nitrogens with zero attached hydrogens (tertiary/aromatic N) is 1. The zero-order valence-electron chi connectivity index (χ0n) is 16.7. The van der Waals surface area contributed by atoms with Crippen molar-refractivity contribution in [2.75, 3.05) is 18.4 Å². The smallest absolute Gasteiger partial charge is 0.265 e. The van der Waals surface area contributed by atoms with Gasteiger partial charge in [0.05, 0.1) is 11.3 Å². The molecule has 1 N–H and O–H groups in total. The third-order valence-corrected chi connectivity index (χ3v) is 5.28. The van der Waals surface area contributed by atoms with Crippen molar-refractivity contribution in [3.8, 4) is 5.75 Å². The number of carbonyl (C=O) groups is 2. The highest BCUT2D eigenvalue weighted by atomic mass is 35.5. The highest BCUT2D eigenvalue weighted by Crippen LogP contribution is 2.22. The van der Waals surface area contributed by atoms with Crippen molar-refractivity contribution in [2.45, 2.75) is 45.1 Å². The second kappa shape index (κ2) is 10.3. The van der Waals surface area contributed by atoms with Crippen LogP contribution in [0.4, 0.5) is 5.69 Å². The second-order valence-electron chi connectivity index (χ2n) is 7.21. The number of amides is 2. The maximum absolute atomic E-state index is 13.1. The van der Waals surface area contributed by atoms with Gasteiger partial charge in [0.1, 0.15) is 5.75 Å². The van der Waals surface area contributed by atoms with Gasteiger partial charge in [-0.15, -0.1) is 0 Å². The molecule has 1 saturated heterocycles. The number of halogens is 1. The molecule has 1 fully saturated rings. The molecule has 0 radical (unpaired) electrons. The summed E-state index contributed by atoms with van der Waals surface area (Å²) in [6.07, 6.45) is 4.15. The lowest BCUT2D eigenvalue weighted by atomic mass is 10.1. The van der Waals surface area contributed by atoms with Gasteiger partial charge in [0, 0.05) is 18.1 Å². The fraction of sp³-hybridized carbons (Fsp3) is 0.391. The number of likely N-dealkylation sites (tertiary alicyclic amines) is 1. The Hall–Kier alpha value is -2.53. The molecule has 3 rings (SSSR count). The fourth-order valence-corrected chi connectivity index (χ4v) is 3.64. The third-order valence-electron chi connectivity index (χ3n) is 5.05. The SMILES string of the molecule is CC[C@@H](Oc1cccc(Cl)c1)C(=O)Nc1ccccc1C(=O)N1CCCCCC1. The number of benzene rings is 2. The van der Waals surface area contributed by atoms with Crippen molar-refractivity contribution in [1.29, 1.82) is 0 Å². The first-order valence-corrected chi connectivity index (χ1v) is 10.6. The van der Waals surface area contributed by atoms with E-state index in [9.17, 15) is 9.59 Å².